The Morgan fingerprint density at radius 3 is 2.48 bits per heavy atom. The van der Waals surface area contributed by atoms with Gasteiger partial charge in [-0.3, -0.25) is 4.79 Å². The molecule has 0 bridgehead atoms. The summed E-state index contributed by atoms with van der Waals surface area (Å²) in [5.74, 6) is -2.76. The van der Waals surface area contributed by atoms with Gasteiger partial charge in [0.1, 0.15) is 0 Å². The van der Waals surface area contributed by atoms with Gasteiger partial charge in [0.25, 0.3) is 0 Å². The first-order chi connectivity index (χ1) is 10.00. The molecule has 1 N–H and O–H groups in total. The van der Waals surface area contributed by atoms with Gasteiger partial charge in [0.05, 0.1) is 0 Å². The number of alkyl halides is 3. The van der Waals surface area contributed by atoms with Crippen molar-refractivity contribution in [3.05, 3.63) is 35.9 Å². The first-order valence-electron chi connectivity index (χ1n) is 7.28. The molecule has 1 fully saturated rings. The molecule has 1 saturated carbocycles. The highest BCUT2D eigenvalue weighted by molar-refractivity contribution is 6.18. The van der Waals surface area contributed by atoms with E-state index in [1.54, 1.807) is 0 Å². The van der Waals surface area contributed by atoms with Crippen LogP contribution in [0, 0.1) is 5.92 Å². The number of hydrogen-bond donors (Lipinski definition) is 1. The Hall–Kier alpha value is -1.16. The topological polar surface area (TPSA) is 29.1 Å². The summed E-state index contributed by atoms with van der Waals surface area (Å²) in [6, 6.07) is 9.60. The van der Waals surface area contributed by atoms with Crippen molar-refractivity contribution >= 4 is 17.5 Å². The van der Waals surface area contributed by atoms with Crippen molar-refractivity contribution in [3.63, 3.8) is 0 Å². The maximum absolute atomic E-state index is 13.1. The van der Waals surface area contributed by atoms with E-state index in [0.717, 1.165) is 5.56 Å². The minimum atomic E-state index is -2.60. The molecule has 1 amide bonds. The van der Waals surface area contributed by atoms with Crippen LogP contribution >= 0.6 is 11.6 Å². The summed E-state index contributed by atoms with van der Waals surface area (Å²) in [7, 11) is 0. The minimum Gasteiger partial charge on any atom is -0.352 e. The first-order valence-corrected chi connectivity index (χ1v) is 7.82. The fourth-order valence-electron chi connectivity index (χ4n) is 2.66. The van der Waals surface area contributed by atoms with Crippen molar-refractivity contribution in [2.45, 2.75) is 44.1 Å². The molecule has 1 aromatic carbocycles. The molecule has 0 saturated heterocycles. The molecule has 2 rings (SSSR count). The molecule has 1 unspecified atom stereocenters. The number of halogens is 3. The van der Waals surface area contributed by atoms with Crippen LogP contribution in [0.1, 0.15) is 31.2 Å². The van der Waals surface area contributed by atoms with Crippen LogP contribution in [0.2, 0.25) is 0 Å². The lowest BCUT2D eigenvalue weighted by atomic mass is 9.86. The van der Waals surface area contributed by atoms with Crippen molar-refractivity contribution < 1.29 is 13.6 Å². The third-order valence-electron chi connectivity index (χ3n) is 3.95. The monoisotopic (exact) mass is 315 g/mol. The summed E-state index contributed by atoms with van der Waals surface area (Å²) < 4.78 is 26.2. The fraction of sp³-hybridized carbons (Fsp3) is 0.562. The zero-order chi connectivity index (χ0) is 15.3. The summed E-state index contributed by atoms with van der Waals surface area (Å²) in [6.07, 6.45) is 0.752. The zero-order valence-electron chi connectivity index (χ0n) is 11.8. The van der Waals surface area contributed by atoms with E-state index in [-0.39, 0.29) is 43.6 Å². The predicted octanol–water partition coefficient (Wildman–Crippen LogP) is 3.78. The zero-order valence-corrected chi connectivity index (χ0v) is 12.6. The standard InChI is InChI=1S/C16H20ClF2NO/c17-11-14(10-12-4-2-1-3-5-12)20-15(21)13-6-8-16(18,19)9-7-13/h1-5,13-14H,6-11H2,(H,20,21). The van der Waals surface area contributed by atoms with E-state index in [1.807, 2.05) is 30.3 Å². The largest absolute Gasteiger partial charge is 0.352 e. The van der Waals surface area contributed by atoms with E-state index in [2.05, 4.69) is 5.32 Å². The van der Waals surface area contributed by atoms with Crippen molar-refractivity contribution in [2.24, 2.45) is 5.92 Å². The van der Waals surface area contributed by atoms with Gasteiger partial charge < -0.3 is 5.32 Å². The van der Waals surface area contributed by atoms with E-state index in [9.17, 15) is 13.6 Å². The molecule has 0 aromatic heterocycles. The van der Waals surface area contributed by atoms with Crippen LogP contribution in [0.4, 0.5) is 8.78 Å². The van der Waals surface area contributed by atoms with Gasteiger partial charge in [0, 0.05) is 30.7 Å². The van der Waals surface area contributed by atoms with E-state index >= 15 is 0 Å². The number of rotatable bonds is 5. The lowest BCUT2D eigenvalue weighted by molar-refractivity contribution is -0.129. The Labute approximate surface area is 128 Å². The van der Waals surface area contributed by atoms with Gasteiger partial charge in [-0.05, 0) is 24.8 Å². The van der Waals surface area contributed by atoms with Gasteiger partial charge in [0.2, 0.25) is 11.8 Å². The number of benzene rings is 1. The molecule has 0 radical (unpaired) electrons. The predicted molar refractivity (Wildman–Crippen MR) is 79.7 cm³/mol. The van der Waals surface area contributed by atoms with Crippen LogP contribution in [0.5, 0.6) is 0 Å². The second-order valence-corrected chi connectivity index (χ2v) is 5.99. The molecule has 1 aliphatic carbocycles. The van der Waals surface area contributed by atoms with Crippen molar-refractivity contribution in [1.29, 1.82) is 0 Å². The molecule has 2 nitrogen and oxygen atoms in total. The third-order valence-corrected chi connectivity index (χ3v) is 4.32. The maximum Gasteiger partial charge on any atom is 0.248 e. The highest BCUT2D eigenvalue weighted by Gasteiger charge is 2.37. The highest BCUT2D eigenvalue weighted by atomic mass is 35.5. The average Bonchev–Trinajstić information content (AvgIpc) is 2.47. The lowest BCUT2D eigenvalue weighted by Gasteiger charge is -2.28. The summed E-state index contributed by atoms with van der Waals surface area (Å²) in [6.45, 7) is 0. The second kappa shape index (κ2) is 7.21. The number of amides is 1. The number of nitrogens with one attached hydrogen (secondary N) is 1. The smallest absolute Gasteiger partial charge is 0.248 e. The van der Waals surface area contributed by atoms with E-state index in [0.29, 0.717) is 12.3 Å². The van der Waals surface area contributed by atoms with E-state index < -0.39 is 5.92 Å². The molecule has 0 heterocycles. The van der Waals surface area contributed by atoms with Crippen LogP contribution in [-0.2, 0) is 11.2 Å². The molecule has 0 aliphatic heterocycles. The summed E-state index contributed by atoms with van der Waals surface area (Å²) in [5.41, 5.74) is 1.10. The lowest BCUT2D eigenvalue weighted by Crippen LogP contribution is -2.43. The van der Waals surface area contributed by atoms with Gasteiger partial charge in [-0.2, -0.15) is 0 Å². The van der Waals surface area contributed by atoms with E-state index in [4.69, 9.17) is 11.6 Å². The Morgan fingerprint density at radius 1 is 1.29 bits per heavy atom. The SMILES string of the molecule is O=C(NC(CCl)Cc1ccccc1)C1CCC(F)(F)CC1. The second-order valence-electron chi connectivity index (χ2n) is 5.68. The van der Waals surface area contributed by atoms with Crippen molar-refractivity contribution in [2.75, 3.05) is 5.88 Å². The van der Waals surface area contributed by atoms with Crippen molar-refractivity contribution in [1.82, 2.24) is 5.32 Å². The summed E-state index contributed by atoms with van der Waals surface area (Å²) >= 11 is 5.91. The van der Waals surface area contributed by atoms with Gasteiger partial charge >= 0.3 is 0 Å². The van der Waals surface area contributed by atoms with Crippen molar-refractivity contribution in [3.8, 4) is 0 Å². The van der Waals surface area contributed by atoms with Gasteiger partial charge in [-0.25, -0.2) is 8.78 Å². The highest BCUT2D eigenvalue weighted by Crippen LogP contribution is 2.36. The Kier molecular flexibility index (Phi) is 5.57. The number of carbonyl (C=O) groups is 1. The summed E-state index contributed by atoms with van der Waals surface area (Å²) in [4.78, 5) is 12.2. The quantitative estimate of drug-likeness (QED) is 0.823. The molecule has 116 valence electrons. The van der Waals surface area contributed by atoms with Crippen LogP contribution < -0.4 is 5.32 Å². The van der Waals surface area contributed by atoms with Gasteiger partial charge in [0.15, 0.2) is 0 Å². The Morgan fingerprint density at radius 2 is 1.90 bits per heavy atom. The summed E-state index contributed by atoms with van der Waals surface area (Å²) in [5, 5.41) is 2.90. The first kappa shape index (κ1) is 16.2. The molecule has 5 heteroatoms. The molecule has 21 heavy (non-hydrogen) atoms. The average molecular weight is 316 g/mol. The number of hydrogen-bond acceptors (Lipinski definition) is 1. The van der Waals surface area contributed by atoms with Crippen LogP contribution in [0.15, 0.2) is 30.3 Å². The Bertz CT molecular complexity index is 457. The third kappa shape index (κ3) is 4.95. The minimum absolute atomic E-state index is 0.146. The molecule has 1 atom stereocenters. The molecular weight excluding hydrogens is 296 g/mol. The molecular formula is C16H20ClF2NO. The fourth-order valence-corrected chi connectivity index (χ4v) is 2.85. The van der Waals surface area contributed by atoms with Crippen LogP contribution in [0.25, 0.3) is 0 Å². The maximum atomic E-state index is 13.1. The van der Waals surface area contributed by atoms with Crippen LogP contribution in [0.3, 0.4) is 0 Å². The van der Waals surface area contributed by atoms with Gasteiger partial charge in [-0.15, -0.1) is 11.6 Å². The van der Waals surface area contributed by atoms with Gasteiger partial charge in [-0.1, -0.05) is 30.3 Å². The normalized spacial score (nSPS) is 20.0. The molecule has 1 aliphatic rings. The molecule has 1 aromatic rings. The number of carbonyl (C=O) groups excluding carboxylic acids is 1. The van der Waals surface area contributed by atoms with Crippen LogP contribution in [-0.4, -0.2) is 23.8 Å². The molecule has 0 spiro atoms. The van der Waals surface area contributed by atoms with E-state index in [1.165, 1.54) is 0 Å². The Balaban J connectivity index is 1.85.